The van der Waals surface area contributed by atoms with Crippen LogP contribution in [0.3, 0.4) is 0 Å². The van der Waals surface area contributed by atoms with Crippen molar-refractivity contribution in [2.75, 3.05) is 11.5 Å². The van der Waals surface area contributed by atoms with Gasteiger partial charge in [0.2, 0.25) is 5.91 Å². The predicted octanol–water partition coefficient (Wildman–Crippen LogP) is 5.36. The molecule has 0 radical (unpaired) electrons. The number of rotatable bonds is 6. The molecular formula is C29H31N5O2. The second kappa shape index (κ2) is 9.57. The molecule has 7 nitrogen and oxygen atoms in total. The van der Waals surface area contributed by atoms with Gasteiger partial charge in [0.15, 0.2) is 0 Å². The van der Waals surface area contributed by atoms with Gasteiger partial charge in [-0.15, -0.1) is 0 Å². The first-order valence-electron chi connectivity index (χ1n) is 12.3. The summed E-state index contributed by atoms with van der Waals surface area (Å²) < 4.78 is 7.38. The lowest BCUT2D eigenvalue weighted by atomic mass is 9.85. The highest BCUT2D eigenvalue weighted by Gasteiger charge is 2.38. The summed E-state index contributed by atoms with van der Waals surface area (Å²) in [4.78, 5) is 24.9. The highest BCUT2D eigenvalue weighted by atomic mass is 16.5. The van der Waals surface area contributed by atoms with Crippen LogP contribution in [-0.4, -0.2) is 32.3 Å². The van der Waals surface area contributed by atoms with E-state index in [4.69, 9.17) is 9.84 Å². The smallest absolute Gasteiger partial charge is 0.252 e. The molecule has 36 heavy (non-hydrogen) atoms. The van der Waals surface area contributed by atoms with E-state index in [1.165, 1.54) is 5.56 Å². The summed E-state index contributed by atoms with van der Waals surface area (Å²) in [6.07, 6.45) is 0.368. The van der Waals surface area contributed by atoms with Crippen LogP contribution < -0.4 is 9.64 Å². The molecule has 0 saturated heterocycles. The lowest BCUT2D eigenvalue weighted by molar-refractivity contribution is -0.119. The minimum absolute atomic E-state index is 0.0486. The van der Waals surface area contributed by atoms with Crippen molar-refractivity contribution in [2.24, 2.45) is 0 Å². The molecule has 5 rings (SSSR count). The van der Waals surface area contributed by atoms with Crippen LogP contribution in [0, 0.1) is 27.7 Å². The van der Waals surface area contributed by atoms with Gasteiger partial charge in [-0.25, -0.2) is 9.97 Å². The molecule has 4 aromatic rings. The number of amides is 1. The van der Waals surface area contributed by atoms with E-state index in [-0.39, 0.29) is 11.8 Å². The van der Waals surface area contributed by atoms with E-state index in [2.05, 4.69) is 41.2 Å². The first-order chi connectivity index (χ1) is 17.3. The summed E-state index contributed by atoms with van der Waals surface area (Å²) >= 11 is 0. The van der Waals surface area contributed by atoms with E-state index in [0.29, 0.717) is 25.5 Å². The van der Waals surface area contributed by atoms with E-state index in [9.17, 15) is 4.79 Å². The number of aromatic nitrogens is 4. The Morgan fingerprint density at radius 3 is 2.25 bits per heavy atom. The lowest BCUT2D eigenvalue weighted by Gasteiger charge is -2.33. The van der Waals surface area contributed by atoms with Crippen molar-refractivity contribution in [3.8, 4) is 11.7 Å². The van der Waals surface area contributed by atoms with Gasteiger partial charge in [0.05, 0.1) is 18.8 Å². The number of carbonyl (C=O) groups excluding carboxylic acids is 1. The van der Waals surface area contributed by atoms with Crippen LogP contribution in [0.4, 0.5) is 5.82 Å². The van der Waals surface area contributed by atoms with Gasteiger partial charge in [0.1, 0.15) is 11.6 Å². The van der Waals surface area contributed by atoms with Crippen LogP contribution in [0.1, 0.15) is 58.6 Å². The van der Waals surface area contributed by atoms with Crippen LogP contribution in [0.15, 0.2) is 54.6 Å². The fourth-order valence-electron chi connectivity index (χ4n) is 4.93. The van der Waals surface area contributed by atoms with Gasteiger partial charge < -0.3 is 4.74 Å². The van der Waals surface area contributed by atoms with Crippen molar-refractivity contribution in [1.82, 2.24) is 19.7 Å². The zero-order valence-electron chi connectivity index (χ0n) is 21.4. The second-order valence-corrected chi connectivity index (χ2v) is 9.41. The second-order valence-electron chi connectivity index (χ2n) is 9.41. The summed E-state index contributed by atoms with van der Waals surface area (Å²) in [5.74, 6) is 1.98. The van der Waals surface area contributed by atoms with Crippen LogP contribution in [-0.2, 0) is 11.3 Å². The highest BCUT2D eigenvalue weighted by Crippen LogP contribution is 2.43. The van der Waals surface area contributed by atoms with E-state index >= 15 is 0 Å². The molecule has 1 amide bonds. The fraction of sp³-hybridized carbons (Fsp3) is 0.310. The summed E-state index contributed by atoms with van der Waals surface area (Å²) in [5, 5.41) is 4.88. The maximum atomic E-state index is 13.7. The molecule has 0 N–H and O–H groups in total. The molecule has 0 saturated carbocycles. The van der Waals surface area contributed by atoms with E-state index in [0.717, 1.165) is 45.3 Å². The van der Waals surface area contributed by atoms with Gasteiger partial charge >= 0.3 is 0 Å². The number of fused-ring (bicyclic) bond motifs is 1. The number of carbonyl (C=O) groups is 1. The first kappa shape index (κ1) is 23.7. The third-order valence-electron chi connectivity index (χ3n) is 6.58. The molecule has 7 heteroatoms. The number of benzene rings is 2. The number of aryl methyl sites for hydroxylation is 4. The molecule has 2 aromatic heterocycles. The normalized spacial score (nSPS) is 15.2. The van der Waals surface area contributed by atoms with Crippen molar-refractivity contribution < 1.29 is 9.53 Å². The summed E-state index contributed by atoms with van der Waals surface area (Å²) in [7, 11) is 0. The van der Waals surface area contributed by atoms with Crippen molar-refractivity contribution in [1.29, 1.82) is 0 Å². The predicted molar refractivity (Wildman–Crippen MR) is 140 cm³/mol. The minimum atomic E-state index is -0.114. The molecule has 0 spiro atoms. The average Bonchev–Trinajstić information content (AvgIpc) is 3.19. The van der Waals surface area contributed by atoms with E-state index in [1.807, 2.05) is 62.9 Å². The Morgan fingerprint density at radius 1 is 0.944 bits per heavy atom. The molecule has 0 unspecified atom stereocenters. The van der Waals surface area contributed by atoms with Crippen LogP contribution in [0.5, 0.6) is 5.75 Å². The van der Waals surface area contributed by atoms with Gasteiger partial charge in [0.25, 0.3) is 5.95 Å². The van der Waals surface area contributed by atoms with Crippen LogP contribution in [0.2, 0.25) is 0 Å². The Bertz CT molecular complexity index is 1390. The fourth-order valence-corrected chi connectivity index (χ4v) is 4.93. The number of anilines is 1. The maximum absolute atomic E-state index is 13.7. The molecule has 0 fully saturated rings. The van der Waals surface area contributed by atoms with Crippen molar-refractivity contribution >= 4 is 11.7 Å². The molecule has 0 aliphatic carbocycles. The molecule has 184 valence electrons. The molecule has 1 atom stereocenters. The van der Waals surface area contributed by atoms with Crippen LogP contribution >= 0.6 is 0 Å². The Labute approximate surface area is 211 Å². The molecular weight excluding hydrogens is 450 g/mol. The molecule has 1 aliphatic rings. The Morgan fingerprint density at radius 2 is 1.61 bits per heavy atom. The van der Waals surface area contributed by atoms with Gasteiger partial charge in [-0.1, -0.05) is 42.0 Å². The lowest BCUT2D eigenvalue weighted by Crippen LogP contribution is -2.38. The Hall–Kier alpha value is -4.00. The third-order valence-corrected chi connectivity index (χ3v) is 6.58. The maximum Gasteiger partial charge on any atom is 0.252 e. The average molecular weight is 482 g/mol. The van der Waals surface area contributed by atoms with Crippen LogP contribution in [0.25, 0.3) is 5.95 Å². The molecule has 0 bridgehead atoms. The molecule has 3 heterocycles. The third kappa shape index (κ3) is 4.49. The number of hydrogen-bond donors (Lipinski definition) is 0. The van der Waals surface area contributed by atoms with Gasteiger partial charge in [-0.2, -0.15) is 9.78 Å². The zero-order chi connectivity index (χ0) is 25.4. The SMILES string of the molecule is CCOc1ccc([C@H]2CC(=O)N(Cc3ccc(C)cc3)c3c2c(C)nn3-c2nc(C)cc(C)n2)cc1. The van der Waals surface area contributed by atoms with Gasteiger partial charge in [-0.05, 0) is 63.9 Å². The minimum Gasteiger partial charge on any atom is -0.494 e. The van der Waals surface area contributed by atoms with Crippen molar-refractivity contribution in [3.63, 3.8) is 0 Å². The number of nitrogens with zero attached hydrogens (tertiary/aromatic N) is 5. The van der Waals surface area contributed by atoms with Gasteiger partial charge in [-0.3, -0.25) is 9.69 Å². The number of ether oxygens (including phenoxy) is 1. The van der Waals surface area contributed by atoms with E-state index in [1.54, 1.807) is 4.68 Å². The van der Waals surface area contributed by atoms with Crippen molar-refractivity contribution in [3.05, 3.63) is 93.9 Å². The quantitative estimate of drug-likeness (QED) is 0.371. The molecule has 1 aliphatic heterocycles. The zero-order valence-corrected chi connectivity index (χ0v) is 21.4. The monoisotopic (exact) mass is 481 g/mol. The largest absolute Gasteiger partial charge is 0.494 e. The van der Waals surface area contributed by atoms with Crippen molar-refractivity contribution in [2.45, 2.75) is 53.5 Å². The highest BCUT2D eigenvalue weighted by molar-refractivity contribution is 5.97. The summed E-state index contributed by atoms with van der Waals surface area (Å²) in [6, 6.07) is 18.3. The standard InChI is InChI=1S/C29H31N5O2/c1-6-36-24-13-11-23(12-14-24)25-16-26(35)33(17-22-9-7-18(2)8-10-22)28-27(25)21(5)32-34(28)29-30-19(3)15-20(4)31-29/h7-15,25H,6,16-17H2,1-5H3/t25-/m1/s1. The topological polar surface area (TPSA) is 73.1 Å². The molecule has 2 aromatic carbocycles. The number of hydrogen-bond acceptors (Lipinski definition) is 5. The summed E-state index contributed by atoms with van der Waals surface area (Å²) in [5.41, 5.74) is 6.92. The Kier molecular flexibility index (Phi) is 6.31. The Balaban J connectivity index is 1.66. The summed E-state index contributed by atoms with van der Waals surface area (Å²) in [6.45, 7) is 11.0. The first-order valence-corrected chi connectivity index (χ1v) is 12.3. The van der Waals surface area contributed by atoms with Gasteiger partial charge in [0, 0.05) is 29.3 Å². The van der Waals surface area contributed by atoms with E-state index < -0.39 is 0 Å².